The van der Waals surface area contributed by atoms with E-state index in [0.717, 1.165) is 18.7 Å². The number of nitrogens with one attached hydrogen (secondary N) is 1. The Hall–Kier alpha value is -1.02. The van der Waals surface area contributed by atoms with E-state index in [4.69, 9.17) is 0 Å². The van der Waals surface area contributed by atoms with Crippen molar-refractivity contribution in [1.29, 1.82) is 0 Å². The highest BCUT2D eigenvalue weighted by molar-refractivity contribution is 5.37. The highest BCUT2D eigenvalue weighted by atomic mass is 16.3. The van der Waals surface area contributed by atoms with Gasteiger partial charge in [-0.15, -0.1) is 0 Å². The number of hydrogen-bond acceptors (Lipinski definition) is 2. The molecule has 0 aliphatic carbocycles. The highest BCUT2D eigenvalue weighted by Crippen LogP contribution is 2.28. The molecule has 2 nitrogen and oxygen atoms in total. The number of hydrogen-bond donors (Lipinski definition) is 2. The molecular weight excluding hydrogens is 174 g/mol. The second kappa shape index (κ2) is 4.01. The molecule has 1 saturated heterocycles. The Bertz CT molecular complexity index is 316. The number of benzene rings is 1. The first kappa shape index (κ1) is 9.53. The Morgan fingerprint density at radius 3 is 2.64 bits per heavy atom. The minimum absolute atomic E-state index is 0.432. The molecule has 14 heavy (non-hydrogen) atoms. The van der Waals surface area contributed by atoms with Gasteiger partial charge in [-0.25, -0.2) is 0 Å². The fraction of sp³-hybridized carbons (Fsp3) is 0.500. The van der Waals surface area contributed by atoms with E-state index in [1.165, 1.54) is 18.4 Å². The van der Waals surface area contributed by atoms with Crippen LogP contribution in [0.5, 0.6) is 5.75 Å². The van der Waals surface area contributed by atoms with Crippen molar-refractivity contribution in [2.45, 2.75) is 25.7 Å². The first-order valence-electron chi connectivity index (χ1n) is 5.27. The Morgan fingerprint density at radius 2 is 2.00 bits per heavy atom. The van der Waals surface area contributed by atoms with E-state index in [0.29, 0.717) is 11.7 Å². The molecule has 2 N–H and O–H groups in total. The summed E-state index contributed by atoms with van der Waals surface area (Å²) in [4.78, 5) is 0. The van der Waals surface area contributed by atoms with E-state index in [9.17, 15) is 5.11 Å². The lowest BCUT2D eigenvalue weighted by Crippen LogP contribution is -2.26. The van der Waals surface area contributed by atoms with Crippen molar-refractivity contribution >= 4 is 0 Å². The van der Waals surface area contributed by atoms with Crippen LogP contribution in [0.25, 0.3) is 0 Å². The zero-order chi connectivity index (χ0) is 9.97. The third-order valence-electron chi connectivity index (χ3n) is 3.04. The molecule has 0 atom stereocenters. The lowest BCUT2D eigenvalue weighted by Gasteiger charge is -2.23. The monoisotopic (exact) mass is 191 g/mol. The maximum atomic E-state index is 9.62. The van der Waals surface area contributed by atoms with E-state index in [-0.39, 0.29) is 0 Å². The summed E-state index contributed by atoms with van der Waals surface area (Å²) < 4.78 is 0. The molecular formula is C12H17NO. The molecule has 2 heteroatoms. The Kier molecular flexibility index (Phi) is 2.73. The van der Waals surface area contributed by atoms with Gasteiger partial charge in [0.1, 0.15) is 5.75 Å². The first-order chi connectivity index (χ1) is 6.77. The number of rotatable bonds is 1. The maximum absolute atomic E-state index is 9.62. The number of phenolic OH excluding ortho intramolecular Hbond substituents is 1. The van der Waals surface area contributed by atoms with Crippen LogP contribution in [0.3, 0.4) is 0 Å². The van der Waals surface area contributed by atoms with Crippen molar-refractivity contribution in [2.75, 3.05) is 13.1 Å². The average Bonchev–Trinajstić information content (AvgIpc) is 2.23. The minimum Gasteiger partial charge on any atom is -0.508 e. The quantitative estimate of drug-likeness (QED) is 0.713. The fourth-order valence-corrected chi connectivity index (χ4v) is 2.04. The van der Waals surface area contributed by atoms with Crippen LogP contribution >= 0.6 is 0 Å². The van der Waals surface area contributed by atoms with Crippen molar-refractivity contribution in [3.8, 4) is 5.75 Å². The molecule has 0 amide bonds. The van der Waals surface area contributed by atoms with E-state index in [2.05, 4.69) is 11.4 Å². The van der Waals surface area contributed by atoms with Crippen LogP contribution < -0.4 is 5.32 Å². The first-order valence-corrected chi connectivity index (χ1v) is 5.27. The largest absolute Gasteiger partial charge is 0.508 e. The number of aryl methyl sites for hydroxylation is 1. The smallest absolute Gasteiger partial charge is 0.118 e. The average molecular weight is 191 g/mol. The Labute approximate surface area is 85.0 Å². The molecule has 0 bridgehead atoms. The van der Waals surface area contributed by atoms with E-state index in [1.807, 2.05) is 19.1 Å². The van der Waals surface area contributed by atoms with Gasteiger partial charge in [-0.05, 0) is 56.0 Å². The van der Waals surface area contributed by atoms with E-state index in [1.54, 1.807) is 0 Å². The van der Waals surface area contributed by atoms with Gasteiger partial charge in [-0.1, -0.05) is 12.1 Å². The SMILES string of the molecule is Cc1ccc(C2CCNCC2)cc1O. The summed E-state index contributed by atoms with van der Waals surface area (Å²) in [7, 11) is 0. The second-order valence-electron chi connectivity index (χ2n) is 4.07. The van der Waals surface area contributed by atoms with Gasteiger partial charge in [0.25, 0.3) is 0 Å². The molecule has 0 unspecified atom stereocenters. The number of piperidine rings is 1. The lowest BCUT2D eigenvalue weighted by molar-refractivity contribution is 0.450. The topological polar surface area (TPSA) is 32.3 Å². The van der Waals surface area contributed by atoms with Gasteiger partial charge in [0, 0.05) is 0 Å². The molecule has 0 spiro atoms. The Morgan fingerprint density at radius 1 is 1.29 bits per heavy atom. The Balaban J connectivity index is 2.18. The maximum Gasteiger partial charge on any atom is 0.118 e. The molecule has 1 aliphatic rings. The van der Waals surface area contributed by atoms with Crippen LogP contribution in [-0.4, -0.2) is 18.2 Å². The summed E-state index contributed by atoms with van der Waals surface area (Å²) in [5, 5.41) is 13.0. The standard InChI is InChI=1S/C12H17NO/c1-9-2-3-11(8-12(9)14)10-4-6-13-7-5-10/h2-3,8,10,13-14H,4-7H2,1H3. The van der Waals surface area contributed by atoms with Crippen LogP contribution in [0.2, 0.25) is 0 Å². The number of aromatic hydroxyl groups is 1. The predicted molar refractivity (Wildman–Crippen MR) is 57.7 cm³/mol. The predicted octanol–water partition coefficient (Wildman–Crippen LogP) is 2.17. The molecule has 1 aromatic carbocycles. The molecule has 1 heterocycles. The van der Waals surface area contributed by atoms with Gasteiger partial charge in [0.05, 0.1) is 0 Å². The molecule has 0 radical (unpaired) electrons. The van der Waals surface area contributed by atoms with Gasteiger partial charge in [-0.2, -0.15) is 0 Å². The molecule has 0 saturated carbocycles. The summed E-state index contributed by atoms with van der Waals surface area (Å²) in [6.45, 7) is 4.13. The zero-order valence-corrected chi connectivity index (χ0v) is 8.59. The zero-order valence-electron chi connectivity index (χ0n) is 8.59. The molecule has 0 aromatic heterocycles. The van der Waals surface area contributed by atoms with Crippen molar-refractivity contribution in [3.63, 3.8) is 0 Å². The lowest BCUT2D eigenvalue weighted by atomic mass is 9.89. The van der Waals surface area contributed by atoms with Gasteiger partial charge in [0.15, 0.2) is 0 Å². The third kappa shape index (κ3) is 1.90. The summed E-state index contributed by atoms with van der Waals surface area (Å²) >= 11 is 0. The van der Waals surface area contributed by atoms with E-state index < -0.39 is 0 Å². The molecule has 1 fully saturated rings. The van der Waals surface area contributed by atoms with Crippen molar-refractivity contribution in [2.24, 2.45) is 0 Å². The third-order valence-corrected chi connectivity index (χ3v) is 3.04. The van der Waals surface area contributed by atoms with Crippen molar-refractivity contribution < 1.29 is 5.11 Å². The van der Waals surface area contributed by atoms with Crippen molar-refractivity contribution in [3.05, 3.63) is 29.3 Å². The van der Waals surface area contributed by atoms with Crippen LogP contribution in [0.1, 0.15) is 29.9 Å². The molecule has 2 rings (SSSR count). The summed E-state index contributed by atoms with van der Waals surface area (Å²) in [5.74, 6) is 1.06. The van der Waals surface area contributed by atoms with Crippen LogP contribution in [-0.2, 0) is 0 Å². The summed E-state index contributed by atoms with van der Waals surface area (Å²) in [6, 6.07) is 6.07. The minimum atomic E-state index is 0.432. The highest BCUT2D eigenvalue weighted by Gasteiger charge is 2.15. The van der Waals surface area contributed by atoms with Crippen LogP contribution in [0.15, 0.2) is 18.2 Å². The van der Waals surface area contributed by atoms with Crippen LogP contribution in [0, 0.1) is 6.92 Å². The molecule has 1 aliphatic heterocycles. The fourth-order valence-electron chi connectivity index (χ4n) is 2.04. The summed E-state index contributed by atoms with van der Waals surface area (Å²) in [6.07, 6.45) is 2.37. The van der Waals surface area contributed by atoms with Gasteiger partial charge >= 0.3 is 0 Å². The van der Waals surface area contributed by atoms with Crippen molar-refractivity contribution in [1.82, 2.24) is 5.32 Å². The second-order valence-corrected chi connectivity index (χ2v) is 4.07. The van der Waals surface area contributed by atoms with E-state index >= 15 is 0 Å². The molecule has 76 valence electrons. The number of phenols is 1. The molecule has 1 aromatic rings. The summed E-state index contributed by atoms with van der Waals surface area (Å²) in [5.41, 5.74) is 2.25. The van der Waals surface area contributed by atoms with Gasteiger partial charge in [0.2, 0.25) is 0 Å². The van der Waals surface area contributed by atoms with Gasteiger partial charge < -0.3 is 10.4 Å². The van der Waals surface area contributed by atoms with Gasteiger partial charge in [-0.3, -0.25) is 0 Å². The van der Waals surface area contributed by atoms with Crippen LogP contribution in [0.4, 0.5) is 0 Å². The normalized spacial score (nSPS) is 18.4.